The molecule has 0 saturated carbocycles. The molecule has 0 fully saturated rings. The van der Waals surface area contributed by atoms with Gasteiger partial charge in [0.25, 0.3) is 0 Å². The fourth-order valence-corrected chi connectivity index (χ4v) is 0.293. The number of hydrogen-bond acceptors (Lipinski definition) is 0. The van der Waals surface area contributed by atoms with Gasteiger partial charge in [0, 0.05) is 0 Å². The van der Waals surface area contributed by atoms with Crippen molar-refractivity contribution in [2.45, 2.75) is 25.9 Å². The highest BCUT2D eigenvalue weighted by Gasteiger charge is 1.94. The van der Waals surface area contributed by atoms with Gasteiger partial charge in [0.05, 0.1) is 6.17 Å². The van der Waals surface area contributed by atoms with Gasteiger partial charge in [-0.15, -0.1) is 0 Å². The SMILES string of the molecule is CC(F)CC[CH]F. The molecule has 0 aliphatic carbocycles. The summed E-state index contributed by atoms with van der Waals surface area (Å²) in [5.74, 6) is 0. The molecule has 0 aromatic heterocycles. The molecule has 0 rings (SSSR count). The molecule has 0 aromatic carbocycles. The smallest absolute Gasteiger partial charge is 0.131 e. The van der Waals surface area contributed by atoms with Gasteiger partial charge in [0.1, 0.15) is 6.67 Å². The summed E-state index contributed by atoms with van der Waals surface area (Å²) in [5.41, 5.74) is 0. The van der Waals surface area contributed by atoms with Crippen LogP contribution in [0.5, 0.6) is 0 Å². The van der Waals surface area contributed by atoms with E-state index in [9.17, 15) is 8.78 Å². The van der Waals surface area contributed by atoms with Crippen LogP contribution >= 0.6 is 0 Å². The number of hydrogen-bond donors (Lipinski definition) is 0. The van der Waals surface area contributed by atoms with Crippen LogP contribution in [0.2, 0.25) is 0 Å². The van der Waals surface area contributed by atoms with Crippen molar-refractivity contribution >= 4 is 0 Å². The molecule has 0 saturated heterocycles. The standard InChI is InChI=1S/C5H9F2/c1-5(7)3-2-4-6/h4-5H,2-3H2,1H3. The minimum atomic E-state index is -0.869. The van der Waals surface area contributed by atoms with Crippen molar-refractivity contribution in [1.29, 1.82) is 0 Å². The zero-order valence-electron chi connectivity index (χ0n) is 4.32. The quantitative estimate of drug-likeness (QED) is 0.519. The summed E-state index contributed by atoms with van der Waals surface area (Å²) < 4.78 is 22.8. The van der Waals surface area contributed by atoms with Crippen molar-refractivity contribution in [2.24, 2.45) is 0 Å². The maximum atomic E-state index is 11.7. The Morgan fingerprint density at radius 2 is 2.29 bits per heavy atom. The molecule has 0 heterocycles. The highest BCUT2D eigenvalue weighted by molar-refractivity contribution is 4.52. The first-order chi connectivity index (χ1) is 3.27. The van der Waals surface area contributed by atoms with E-state index in [0.29, 0.717) is 13.1 Å². The zero-order chi connectivity index (χ0) is 5.70. The van der Waals surface area contributed by atoms with Crippen molar-refractivity contribution in [3.63, 3.8) is 0 Å². The van der Waals surface area contributed by atoms with Gasteiger partial charge in [-0.25, -0.2) is 8.78 Å². The Kier molecular flexibility index (Phi) is 3.95. The van der Waals surface area contributed by atoms with Crippen LogP contribution in [0.25, 0.3) is 0 Å². The topological polar surface area (TPSA) is 0 Å². The lowest BCUT2D eigenvalue weighted by molar-refractivity contribution is 0.331. The Morgan fingerprint density at radius 3 is 2.43 bits per heavy atom. The van der Waals surface area contributed by atoms with E-state index in [2.05, 4.69) is 0 Å². The van der Waals surface area contributed by atoms with E-state index in [0.717, 1.165) is 0 Å². The highest BCUT2D eigenvalue weighted by Crippen LogP contribution is 2.01. The first-order valence-electron chi connectivity index (χ1n) is 2.33. The zero-order valence-corrected chi connectivity index (χ0v) is 4.32. The van der Waals surface area contributed by atoms with Gasteiger partial charge in [-0.3, -0.25) is 0 Å². The molecule has 7 heavy (non-hydrogen) atoms. The van der Waals surface area contributed by atoms with Gasteiger partial charge in [0.15, 0.2) is 0 Å². The Balaban J connectivity index is 2.68. The molecule has 2 heteroatoms. The van der Waals surface area contributed by atoms with E-state index in [1.165, 1.54) is 6.92 Å². The lowest BCUT2D eigenvalue weighted by atomic mass is 10.2. The predicted molar refractivity (Wildman–Crippen MR) is 25.2 cm³/mol. The fraction of sp³-hybridized carbons (Fsp3) is 0.800. The molecule has 0 aliphatic heterocycles. The van der Waals surface area contributed by atoms with Crippen molar-refractivity contribution in [2.75, 3.05) is 0 Å². The van der Waals surface area contributed by atoms with Crippen LogP contribution in [0.4, 0.5) is 8.78 Å². The molecule has 0 amide bonds. The van der Waals surface area contributed by atoms with Crippen LogP contribution in [-0.2, 0) is 0 Å². The average Bonchev–Trinajstić information content (AvgIpc) is 1.61. The van der Waals surface area contributed by atoms with Gasteiger partial charge in [0.2, 0.25) is 0 Å². The second-order valence-corrected chi connectivity index (χ2v) is 1.51. The third-order valence-electron chi connectivity index (χ3n) is 0.674. The van der Waals surface area contributed by atoms with Crippen molar-refractivity contribution in [3.8, 4) is 0 Å². The van der Waals surface area contributed by atoms with Crippen LogP contribution in [0.1, 0.15) is 19.8 Å². The van der Waals surface area contributed by atoms with Gasteiger partial charge in [-0.05, 0) is 19.8 Å². The van der Waals surface area contributed by atoms with E-state index >= 15 is 0 Å². The lowest BCUT2D eigenvalue weighted by Crippen LogP contribution is -1.89. The minimum absolute atomic E-state index is 0.234. The minimum Gasteiger partial charge on any atom is -0.248 e. The van der Waals surface area contributed by atoms with Gasteiger partial charge in [-0.1, -0.05) is 0 Å². The van der Waals surface area contributed by atoms with Crippen molar-refractivity contribution in [3.05, 3.63) is 6.67 Å². The maximum absolute atomic E-state index is 11.7. The Hall–Kier alpha value is -0.140. The molecule has 0 N–H and O–H groups in total. The Labute approximate surface area is 42.5 Å². The summed E-state index contributed by atoms with van der Waals surface area (Å²) in [6, 6.07) is 0. The van der Waals surface area contributed by atoms with Crippen LogP contribution < -0.4 is 0 Å². The van der Waals surface area contributed by atoms with Crippen LogP contribution in [-0.4, -0.2) is 6.17 Å². The monoisotopic (exact) mass is 107 g/mol. The number of alkyl halides is 1. The van der Waals surface area contributed by atoms with E-state index in [1.807, 2.05) is 0 Å². The Bertz CT molecular complexity index is 35.1. The molecule has 1 unspecified atom stereocenters. The lowest BCUT2D eigenvalue weighted by Gasteiger charge is -1.93. The summed E-state index contributed by atoms with van der Waals surface area (Å²) in [6.07, 6.45) is -0.333. The molecule has 1 radical (unpaired) electrons. The molecular weight excluding hydrogens is 98.1 g/mol. The van der Waals surface area contributed by atoms with E-state index in [1.54, 1.807) is 0 Å². The van der Waals surface area contributed by atoms with E-state index in [4.69, 9.17) is 0 Å². The van der Waals surface area contributed by atoms with Crippen molar-refractivity contribution in [1.82, 2.24) is 0 Å². The van der Waals surface area contributed by atoms with E-state index < -0.39 is 6.17 Å². The molecule has 0 aromatic rings. The fourth-order valence-electron chi connectivity index (χ4n) is 0.293. The summed E-state index contributed by atoms with van der Waals surface area (Å²) in [5, 5.41) is 0. The van der Waals surface area contributed by atoms with Gasteiger partial charge < -0.3 is 0 Å². The predicted octanol–water partition coefficient (Wildman–Crippen LogP) is 2.26. The van der Waals surface area contributed by atoms with Crippen molar-refractivity contribution < 1.29 is 8.78 Å². The molecule has 0 aliphatic rings. The summed E-state index contributed by atoms with van der Waals surface area (Å²) in [6.45, 7) is 1.90. The maximum Gasteiger partial charge on any atom is 0.131 e. The van der Waals surface area contributed by atoms with E-state index in [-0.39, 0.29) is 6.42 Å². The van der Waals surface area contributed by atoms with Gasteiger partial charge in [-0.2, -0.15) is 0 Å². The largest absolute Gasteiger partial charge is 0.248 e. The van der Waals surface area contributed by atoms with Crippen LogP contribution in [0, 0.1) is 6.67 Å². The second kappa shape index (κ2) is 4.03. The Morgan fingerprint density at radius 1 is 1.71 bits per heavy atom. The summed E-state index contributed by atoms with van der Waals surface area (Å²) in [4.78, 5) is 0. The number of halogens is 2. The first kappa shape index (κ1) is 6.86. The molecular formula is C5H9F2. The first-order valence-corrected chi connectivity index (χ1v) is 2.33. The van der Waals surface area contributed by atoms with Crippen LogP contribution in [0.3, 0.4) is 0 Å². The molecule has 0 bridgehead atoms. The summed E-state index contributed by atoms with van der Waals surface area (Å²) in [7, 11) is 0. The van der Waals surface area contributed by atoms with Gasteiger partial charge >= 0.3 is 0 Å². The number of rotatable bonds is 3. The molecule has 0 nitrogen and oxygen atoms in total. The highest BCUT2D eigenvalue weighted by atomic mass is 19.1. The molecule has 43 valence electrons. The van der Waals surface area contributed by atoms with Crippen LogP contribution in [0.15, 0.2) is 0 Å². The normalized spacial score (nSPS) is 14.1. The third kappa shape index (κ3) is 5.86. The molecule has 0 spiro atoms. The third-order valence-corrected chi connectivity index (χ3v) is 0.674. The molecule has 1 atom stereocenters. The average molecular weight is 107 g/mol. The summed E-state index contributed by atoms with van der Waals surface area (Å²) >= 11 is 0. The second-order valence-electron chi connectivity index (χ2n) is 1.51.